The molecule has 0 spiro atoms. The van der Waals surface area contributed by atoms with Gasteiger partial charge in [0.2, 0.25) is 5.52 Å². The normalized spacial score (nSPS) is 11.2. The molecule has 0 saturated carbocycles. The van der Waals surface area contributed by atoms with Crippen molar-refractivity contribution >= 4 is 43.3 Å². The lowest BCUT2D eigenvalue weighted by atomic mass is 10.2. The maximum Gasteiger partial charge on any atom is 0.402 e. The molecule has 0 aliphatic heterocycles. The first-order valence-electron chi connectivity index (χ1n) is 6.94. The SMILES string of the molecule is COc1ccc2c(=O)oc(-c3csc(NC(C)C)n3)[nH+]c2c1Br. The molecule has 0 aliphatic rings. The Kier molecular flexibility index (Phi) is 4.36. The number of H-pyrrole nitrogens is 1. The van der Waals surface area contributed by atoms with Crippen LogP contribution in [-0.4, -0.2) is 18.1 Å². The number of anilines is 1. The van der Waals surface area contributed by atoms with Crippen molar-refractivity contribution in [3.63, 3.8) is 0 Å². The van der Waals surface area contributed by atoms with Crippen molar-refractivity contribution in [1.29, 1.82) is 0 Å². The monoisotopic (exact) mass is 396 g/mol. The molecule has 8 heteroatoms. The smallest absolute Gasteiger partial charge is 0.402 e. The van der Waals surface area contributed by atoms with Crippen LogP contribution >= 0.6 is 27.3 Å². The predicted molar refractivity (Wildman–Crippen MR) is 93.2 cm³/mol. The number of hydrogen-bond acceptors (Lipinski definition) is 6. The van der Waals surface area contributed by atoms with Crippen molar-refractivity contribution in [2.75, 3.05) is 12.4 Å². The molecule has 3 aromatic rings. The number of methoxy groups -OCH3 is 1. The third-order valence-electron chi connectivity index (χ3n) is 3.13. The van der Waals surface area contributed by atoms with Crippen molar-refractivity contribution in [1.82, 2.24) is 4.98 Å². The first-order valence-corrected chi connectivity index (χ1v) is 8.62. The molecule has 120 valence electrons. The zero-order valence-corrected chi connectivity index (χ0v) is 15.2. The number of hydrogen-bond donors (Lipinski definition) is 1. The van der Waals surface area contributed by atoms with Gasteiger partial charge in [-0.1, -0.05) is 0 Å². The van der Waals surface area contributed by atoms with Crippen LogP contribution in [0.1, 0.15) is 13.8 Å². The van der Waals surface area contributed by atoms with Crippen molar-refractivity contribution in [2.45, 2.75) is 19.9 Å². The lowest BCUT2D eigenvalue weighted by Gasteiger charge is -2.04. The highest BCUT2D eigenvalue weighted by atomic mass is 79.9. The number of aromatic amines is 1. The first-order chi connectivity index (χ1) is 11.0. The number of aromatic nitrogens is 2. The second-order valence-corrected chi connectivity index (χ2v) is 6.84. The summed E-state index contributed by atoms with van der Waals surface area (Å²) < 4.78 is 11.3. The molecule has 1 aromatic carbocycles. The van der Waals surface area contributed by atoms with E-state index in [1.165, 1.54) is 11.3 Å². The van der Waals surface area contributed by atoms with Crippen LogP contribution in [0.2, 0.25) is 0 Å². The van der Waals surface area contributed by atoms with Crippen LogP contribution in [0, 0.1) is 0 Å². The molecule has 23 heavy (non-hydrogen) atoms. The Labute approximate surface area is 144 Å². The molecule has 0 atom stereocenters. The summed E-state index contributed by atoms with van der Waals surface area (Å²) in [7, 11) is 1.57. The summed E-state index contributed by atoms with van der Waals surface area (Å²) in [6.07, 6.45) is 0. The van der Waals surface area contributed by atoms with Crippen molar-refractivity contribution in [2.24, 2.45) is 0 Å². The summed E-state index contributed by atoms with van der Waals surface area (Å²) in [6.45, 7) is 4.07. The average Bonchev–Trinajstić information content (AvgIpc) is 2.96. The fourth-order valence-corrected chi connectivity index (χ4v) is 3.55. The second-order valence-electron chi connectivity index (χ2n) is 5.18. The number of thiazole rings is 1. The van der Waals surface area contributed by atoms with Gasteiger partial charge in [-0.15, -0.1) is 11.3 Å². The van der Waals surface area contributed by atoms with E-state index < -0.39 is 5.63 Å². The van der Waals surface area contributed by atoms with Crippen LogP contribution in [0.25, 0.3) is 22.5 Å². The minimum Gasteiger partial charge on any atom is -0.495 e. The van der Waals surface area contributed by atoms with Crippen LogP contribution in [0.5, 0.6) is 5.75 Å². The largest absolute Gasteiger partial charge is 0.495 e. The first kappa shape index (κ1) is 15.9. The minimum absolute atomic E-state index is 0.278. The zero-order chi connectivity index (χ0) is 16.6. The molecule has 0 radical (unpaired) electrons. The highest BCUT2D eigenvalue weighted by molar-refractivity contribution is 9.10. The molecule has 0 bridgehead atoms. The van der Waals surface area contributed by atoms with E-state index in [1.807, 2.05) is 19.2 Å². The molecule has 0 aliphatic carbocycles. The van der Waals surface area contributed by atoms with Crippen molar-refractivity contribution in [3.05, 3.63) is 32.4 Å². The molecular formula is C15H15BrN3O3S+. The van der Waals surface area contributed by atoms with Gasteiger partial charge in [-0.25, -0.2) is 9.78 Å². The van der Waals surface area contributed by atoms with Gasteiger partial charge < -0.3 is 14.5 Å². The van der Waals surface area contributed by atoms with Crippen molar-refractivity contribution in [3.8, 4) is 17.3 Å². The Morgan fingerprint density at radius 1 is 1.43 bits per heavy atom. The van der Waals surface area contributed by atoms with E-state index in [1.54, 1.807) is 19.2 Å². The predicted octanol–water partition coefficient (Wildman–Crippen LogP) is 3.32. The maximum atomic E-state index is 12.2. The lowest BCUT2D eigenvalue weighted by molar-refractivity contribution is -0.349. The Balaban J connectivity index is 2.13. The summed E-state index contributed by atoms with van der Waals surface area (Å²) in [6, 6.07) is 3.65. The minimum atomic E-state index is -0.427. The van der Waals surface area contributed by atoms with Gasteiger partial charge >= 0.3 is 11.5 Å². The Bertz CT molecular complexity index is 920. The van der Waals surface area contributed by atoms with E-state index in [9.17, 15) is 4.79 Å². The summed E-state index contributed by atoms with van der Waals surface area (Å²) in [5, 5.41) is 6.27. The molecule has 3 rings (SSSR count). The van der Waals surface area contributed by atoms with Crippen LogP contribution < -0.4 is 20.7 Å². The van der Waals surface area contributed by atoms with Gasteiger partial charge in [-0.3, -0.25) is 0 Å². The van der Waals surface area contributed by atoms with Crippen LogP contribution in [0.3, 0.4) is 0 Å². The average molecular weight is 397 g/mol. The highest BCUT2D eigenvalue weighted by Crippen LogP contribution is 2.30. The number of rotatable bonds is 4. The van der Waals surface area contributed by atoms with E-state index in [0.29, 0.717) is 32.7 Å². The van der Waals surface area contributed by atoms with Crippen molar-refractivity contribution < 1.29 is 14.1 Å². The number of nitrogens with one attached hydrogen (secondary N) is 2. The number of fused-ring (bicyclic) bond motifs is 1. The zero-order valence-electron chi connectivity index (χ0n) is 12.8. The molecule has 0 fully saturated rings. The fraction of sp³-hybridized carbons (Fsp3) is 0.267. The summed E-state index contributed by atoms with van der Waals surface area (Å²) in [4.78, 5) is 19.8. The quantitative estimate of drug-likeness (QED) is 0.731. The van der Waals surface area contributed by atoms with Gasteiger partial charge in [0.05, 0.1) is 7.11 Å². The van der Waals surface area contributed by atoms with E-state index in [4.69, 9.17) is 9.15 Å². The van der Waals surface area contributed by atoms with Crippen LogP contribution in [0.4, 0.5) is 5.13 Å². The molecule has 2 N–H and O–H groups in total. The number of benzene rings is 1. The molecule has 0 unspecified atom stereocenters. The molecule has 0 amide bonds. The topological polar surface area (TPSA) is 78.5 Å². The molecule has 6 nitrogen and oxygen atoms in total. The highest BCUT2D eigenvalue weighted by Gasteiger charge is 2.21. The molecule has 0 saturated heterocycles. The Morgan fingerprint density at radius 3 is 2.91 bits per heavy atom. The molecule has 2 heterocycles. The number of halogens is 1. The van der Waals surface area contributed by atoms with E-state index in [-0.39, 0.29) is 6.04 Å². The Hall–Kier alpha value is -1.93. The van der Waals surface area contributed by atoms with Gasteiger partial charge in [0.15, 0.2) is 10.8 Å². The maximum absolute atomic E-state index is 12.2. The molecular weight excluding hydrogens is 382 g/mol. The molecule has 2 aromatic heterocycles. The standard InChI is InChI=1S/C15H14BrN3O3S/c1-7(2)17-15-18-9(6-23-15)13-19-12-8(14(20)22-13)4-5-10(21-3)11(12)16/h4-7H,1-3H3,(H,17,18)/p+1. The third kappa shape index (κ3) is 3.09. The third-order valence-corrected chi connectivity index (χ3v) is 4.69. The van der Waals surface area contributed by atoms with E-state index >= 15 is 0 Å². The van der Waals surface area contributed by atoms with Gasteiger partial charge in [-0.05, 0) is 41.9 Å². The number of nitrogens with zero attached hydrogens (tertiary/aromatic N) is 1. The second kappa shape index (κ2) is 6.29. The van der Waals surface area contributed by atoms with Gasteiger partial charge in [0.25, 0.3) is 0 Å². The van der Waals surface area contributed by atoms with E-state index in [2.05, 4.69) is 31.2 Å². The van der Waals surface area contributed by atoms with Gasteiger partial charge in [0.1, 0.15) is 15.6 Å². The van der Waals surface area contributed by atoms with Crippen LogP contribution in [0.15, 0.2) is 31.2 Å². The Morgan fingerprint density at radius 2 is 2.22 bits per heavy atom. The van der Waals surface area contributed by atoms with E-state index in [0.717, 1.165) is 5.13 Å². The fourth-order valence-electron chi connectivity index (χ4n) is 2.10. The summed E-state index contributed by atoms with van der Waals surface area (Å²) in [5.74, 6) is 0.940. The summed E-state index contributed by atoms with van der Waals surface area (Å²) >= 11 is 4.91. The van der Waals surface area contributed by atoms with Gasteiger partial charge in [-0.2, -0.15) is 4.98 Å². The van der Waals surface area contributed by atoms with Gasteiger partial charge in [0, 0.05) is 11.4 Å². The summed E-state index contributed by atoms with van der Waals surface area (Å²) in [5.41, 5.74) is 0.761. The number of ether oxygens (including phenoxy) is 1. The van der Waals surface area contributed by atoms with Crippen LogP contribution in [-0.2, 0) is 0 Å². The lowest BCUT2D eigenvalue weighted by Crippen LogP contribution is -2.17.